The van der Waals surface area contributed by atoms with Crippen LogP contribution in [-0.4, -0.2) is 27.5 Å². The second kappa shape index (κ2) is 9.58. The van der Waals surface area contributed by atoms with Gasteiger partial charge in [-0.1, -0.05) is 41.9 Å². The molecule has 0 atom stereocenters. The highest BCUT2D eigenvalue weighted by atomic mass is 35.5. The van der Waals surface area contributed by atoms with Crippen molar-refractivity contribution in [3.05, 3.63) is 95.0 Å². The normalized spacial score (nSPS) is 11.1. The zero-order valence-electron chi connectivity index (χ0n) is 15.5. The van der Waals surface area contributed by atoms with Crippen molar-refractivity contribution in [1.29, 1.82) is 0 Å². The van der Waals surface area contributed by atoms with E-state index in [1.54, 1.807) is 78.9 Å². The molecule has 1 amide bonds. The Kier molecular flexibility index (Phi) is 6.90. The van der Waals surface area contributed by atoms with Crippen LogP contribution < -0.4 is 10.1 Å². The molecule has 0 saturated carbocycles. The quantitative estimate of drug-likeness (QED) is 0.546. The third kappa shape index (κ3) is 6.07. The second-order valence-electron chi connectivity index (χ2n) is 6.33. The van der Waals surface area contributed by atoms with Crippen LogP contribution in [0.15, 0.2) is 83.8 Å². The Balaban J connectivity index is 1.50. The maximum absolute atomic E-state index is 12.4. The average molecular weight is 430 g/mol. The second-order valence-corrected chi connectivity index (χ2v) is 8.75. The van der Waals surface area contributed by atoms with Crippen LogP contribution in [0.5, 0.6) is 5.75 Å². The van der Waals surface area contributed by atoms with Crippen LogP contribution in [0.3, 0.4) is 0 Å². The molecule has 7 heteroatoms. The number of hydrogen-bond acceptors (Lipinski definition) is 4. The molecular weight excluding hydrogens is 410 g/mol. The van der Waals surface area contributed by atoms with Crippen molar-refractivity contribution in [2.45, 2.75) is 10.6 Å². The van der Waals surface area contributed by atoms with E-state index in [-0.39, 0.29) is 16.6 Å². The Labute approximate surface area is 175 Å². The molecule has 0 fully saturated rings. The number of amides is 1. The molecule has 150 valence electrons. The molecule has 0 radical (unpaired) electrons. The molecule has 0 aliphatic heterocycles. The number of benzene rings is 3. The van der Waals surface area contributed by atoms with E-state index in [1.165, 1.54) is 0 Å². The minimum absolute atomic E-state index is 0.117. The lowest BCUT2D eigenvalue weighted by Crippen LogP contribution is -2.28. The number of sulfone groups is 1. The first-order valence-electron chi connectivity index (χ1n) is 8.97. The monoisotopic (exact) mass is 429 g/mol. The standard InChI is InChI=1S/C22H20ClNO4S/c23-19-10-12-20(13-11-19)28-15-14-24-22(25)18-8-6-17(7-9-18)16-29(26,27)21-4-2-1-3-5-21/h1-13H,14-16H2,(H,24,25). The molecule has 0 heterocycles. The Morgan fingerprint density at radius 2 is 1.55 bits per heavy atom. The summed E-state index contributed by atoms with van der Waals surface area (Å²) in [5.74, 6) is 0.309. The van der Waals surface area contributed by atoms with Gasteiger partial charge in [-0.05, 0) is 54.1 Å². The van der Waals surface area contributed by atoms with Gasteiger partial charge in [0.2, 0.25) is 0 Å². The number of carbonyl (C=O) groups is 1. The van der Waals surface area contributed by atoms with E-state index < -0.39 is 9.84 Å². The summed E-state index contributed by atoms with van der Waals surface area (Å²) in [6.45, 7) is 0.659. The molecular formula is C22H20ClNO4S. The van der Waals surface area contributed by atoms with Crippen LogP contribution in [0, 0.1) is 0 Å². The SMILES string of the molecule is O=C(NCCOc1ccc(Cl)cc1)c1ccc(CS(=O)(=O)c2ccccc2)cc1. The van der Waals surface area contributed by atoms with Gasteiger partial charge < -0.3 is 10.1 Å². The van der Waals surface area contributed by atoms with Gasteiger partial charge in [0, 0.05) is 10.6 Å². The predicted molar refractivity (Wildman–Crippen MR) is 113 cm³/mol. The average Bonchev–Trinajstić information content (AvgIpc) is 2.73. The van der Waals surface area contributed by atoms with Crippen molar-refractivity contribution in [2.24, 2.45) is 0 Å². The summed E-state index contributed by atoms with van der Waals surface area (Å²) in [6, 6.07) is 21.8. The van der Waals surface area contributed by atoms with Gasteiger partial charge >= 0.3 is 0 Å². The number of ether oxygens (including phenoxy) is 1. The predicted octanol–water partition coefficient (Wildman–Crippen LogP) is 4.12. The van der Waals surface area contributed by atoms with Crippen molar-refractivity contribution in [3.63, 3.8) is 0 Å². The molecule has 0 spiro atoms. The molecule has 0 saturated heterocycles. The van der Waals surface area contributed by atoms with Crippen molar-refractivity contribution in [1.82, 2.24) is 5.32 Å². The Bertz CT molecular complexity index is 1050. The molecule has 3 aromatic rings. The molecule has 0 aromatic heterocycles. The third-order valence-electron chi connectivity index (χ3n) is 4.15. The molecule has 0 aliphatic carbocycles. The summed E-state index contributed by atoms with van der Waals surface area (Å²) in [6.07, 6.45) is 0. The zero-order chi connectivity index (χ0) is 20.7. The topological polar surface area (TPSA) is 72.5 Å². The third-order valence-corrected chi connectivity index (χ3v) is 6.10. The maximum Gasteiger partial charge on any atom is 0.251 e. The van der Waals surface area contributed by atoms with Gasteiger partial charge in [0.05, 0.1) is 17.2 Å². The highest BCUT2D eigenvalue weighted by Crippen LogP contribution is 2.17. The van der Waals surface area contributed by atoms with Gasteiger partial charge in [-0.3, -0.25) is 4.79 Å². The molecule has 0 aliphatic rings. The minimum atomic E-state index is -3.42. The van der Waals surface area contributed by atoms with Crippen LogP contribution in [0.2, 0.25) is 5.02 Å². The fourth-order valence-electron chi connectivity index (χ4n) is 2.65. The first-order chi connectivity index (χ1) is 13.9. The van der Waals surface area contributed by atoms with Gasteiger partial charge in [-0.2, -0.15) is 0 Å². The Morgan fingerprint density at radius 1 is 0.897 bits per heavy atom. The number of carbonyl (C=O) groups excluding carboxylic acids is 1. The van der Waals surface area contributed by atoms with E-state index in [2.05, 4.69) is 5.32 Å². The maximum atomic E-state index is 12.4. The minimum Gasteiger partial charge on any atom is -0.492 e. The smallest absolute Gasteiger partial charge is 0.251 e. The fourth-order valence-corrected chi connectivity index (χ4v) is 4.14. The summed E-state index contributed by atoms with van der Waals surface area (Å²) in [4.78, 5) is 12.5. The highest BCUT2D eigenvalue weighted by Gasteiger charge is 2.15. The Hall–Kier alpha value is -2.83. The van der Waals surface area contributed by atoms with Crippen LogP contribution in [0.25, 0.3) is 0 Å². The van der Waals surface area contributed by atoms with Gasteiger partial charge in [0.15, 0.2) is 9.84 Å². The van der Waals surface area contributed by atoms with Crippen molar-refractivity contribution >= 4 is 27.3 Å². The number of rotatable bonds is 8. The summed E-state index contributed by atoms with van der Waals surface area (Å²) < 4.78 is 30.4. The summed E-state index contributed by atoms with van der Waals surface area (Å²) in [7, 11) is -3.42. The first-order valence-corrected chi connectivity index (χ1v) is 11.0. The Morgan fingerprint density at radius 3 is 2.21 bits per heavy atom. The van der Waals surface area contributed by atoms with Gasteiger partial charge in [-0.15, -0.1) is 0 Å². The zero-order valence-corrected chi connectivity index (χ0v) is 17.1. The fraction of sp³-hybridized carbons (Fsp3) is 0.136. The summed E-state index contributed by atoms with van der Waals surface area (Å²) >= 11 is 5.81. The lowest BCUT2D eigenvalue weighted by molar-refractivity contribution is 0.0947. The number of nitrogens with one attached hydrogen (secondary N) is 1. The number of halogens is 1. The van der Waals surface area contributed by atoms with Crippen LogP contribution in [-0.2, 0) is 15.6 Å². The van der Waals surface area contributed by atoms with Gasteiger partial charge in [-0.25, -0.2) is 8.42 Å². The molecule has 0 unspecified atom stereocenters. The lowest BCUT2D eigenvalue weighted by Gasteiger charge is -2.09. The number of hydrogen-bond donors (Lipinski definition) is 1. The molecule has 3 aromatic carbocycles. The molecule has 3 rings (SSSR count). The van der Waals surface area contributed by atoms with Crippen LogP contribution in [0.1, 0.15) is 15.9 Å². The summed E-state index contributed by atoms with van der Waals surface area (Å²) in [5.41, 5.74) is 1.08. The van der Waals surface area contributed by atoms with E-state index in [4.69, 9.17) is 16.3 Å². The lowest BCUT2D eigenvalue weighted by atomic mass is 10.1. The van der Waals surface area contributed by atoms with E-state index >= 15 is 0 Å². The van der Waals surface area contributed by atoms with E-state index in [0.29, 0.717) is 35.1 Å². The first kappa shape index (κ1) is 20.9. The van der Waals surface area contributed by atoms with E-state index in [1.807, 2.05) is 0 Å². The molecule has 29 heavy (non-hydrogen) atoms. The van der Waals surface area contributed by atoms with E-state index in [9.17, 15) is 13.2 Å². The van der Waals surface area contributed by atoms with Gasteiger partial charge in [0.25, 0.3) is 5.91 Å². The molecule has 1 N–H and O–H groups in total. The van der Waals surface area contributed by atoms with Crippen LogP contribution in [0.4, 0.5) is 0 Å². The molecule has 0 bridgehead atoms. The van der Waals surface area contributed by atoms with E-state index in [0.717, 1.165) is 0 Å². The largest absolute Gasteiger partial charge is 0.492 e. The van der Waals surface area contributed by atoms with Crippen molar-refractivity contribution in [3.8, 4) is 5.75 Å². The highest BCUT2D eigenvalue weighted by molar-refractivity contribution is 7.90. The summed E-state index contributed by atoms with van der Waals surface area (Å²) in [5, 5.41) is 3.40. The molecule has 5 nitrogen and oxygen atoms in total. The van der Waals surface area contributed by atoms with Crippen molar-refractivity contribution in [2.75, 3.05) is 13.2 Å². The van der Waals surface area contributed by atoms with Gasteiger partial charge in [0.1, 0.15) is 12.4 Å². The van der Waals surface area contributed by atoms with Crippen LogP contribution >= 0.6 is 11.6 Å². The van der Waals surface area contributed by atoms with Crippen molar-refractivity contribution < 1.29 is 17.9 Å².